The number of ether oxygens (including phenoxy) is 2. The highest BCUT2D eigenvalue weighted by molar-refractivity contribution is 6.14. The molecule has 0 radical (unpaired) electrons. The van der Waals surface area contributed by atoms with Crippen molar-refractivity contribution < 1.29 is 23.0 Å². The van der Waals surface area contributed by atoms with Crippen LogP contribution in [0, 0.1) is 11.3 Å². The first-order valence-corrected chi connectivity index (χ1v) is 9.33. The summed E-state index contributed by atoms with van der Waals surface area (Å²) in [4.78, 5) is 16.4. The third kappa shape index (κ3) is 4.93. The number of carbonyl (C=O) groups excluding carboxylic acids is 1. The minimum absolute atomic E-state index is 0.0524. The molecule has 1 aliphatic carbocycles. The summed E-state index contributed by atoms with van der Waals surface area (Å²) in [6, 6.07) is 5.53. The molecule has 0 atom stereocenters. The number of Topliss-reactive ketones (excluding diaryl/α,β-unsaturated/α-hetero) is 1. The van der Waals surface area contributed by atoms with Gasteiger partial charge in [0.25, 0.3) is 6.43 Å². The first-order valence-electron chi connectivity index (χ1n) is 9.33. The Kier molecular flexibility index (Phi) is 6.49. The highest BCUT2D eigenvalue weighted by Crippen LogP contribution is 2.38. The average molecular weight is 403 g/mol. The summed E-state index contributed by atoms with van der Waals surface area (Å²) in [6.07, 6.45) is 0.995. The van der Waals surface area contributed by atoms with Crippen LogP contribution in [-0.2, 0) is 16.0 Å². The number of anilines is 1. The van der Waals surface area contributed by atoms with Crippen LogP contribution in [0.5, 0.6) is 5.75 Å². The second-order valence-corrected chi connectivity index (χ2v) is 7.11. The summed E-state index contributed by atoms with van der Waals surface area (Å²) in [7, 11) is 3.48. The minimum atomic E-state index is -2.58. The zero-order valence-corrected chi connectivity index (χ0v) is 16.5. The van der Waals surface area contributed by atoms with Gasteiger partial charge in [-0.15, -0.1) is 0 Å². The largest absolute Gasteiger partial charge is 0.485 e. The third-order valence-corrected chi connectivity index (χ3v) is 4.69. The van der Waals surface area contributed by atoms with Crippen LogP contribution in [-0.4, -0.2) is 64.1 Å². The summed E-state index contributed by atoms with van der Waals surface area (Å²) >= 11 is 0. The molecule has 2 aliphatic rings. The van der Waals surface area contributed by atoms with Gasteiger partial charge in [0.1, 0.15) is 24.0 Å². The summed E-state index contributed by atoms with van der Waals surface area (Å²) in [5.41, 5.74) is 2.92. The maximum atomic E-state index is 12.7. The fourth-order valence-electron chi connectivity index (χ4n) is 3.39. The molecule has 1 fully saturated rings. The molecule has 1 heterocycles. The molecule has 1 aromatic carbocycles. The van der Waals surface area contributed by atoms with Crippen molar-refractivity contribution in [1.82, 2.24) is 4.90 Å². The predicted octanol–water partition coefficient (Wildman–Crippen LogP) is 2.64. The molecule has 1 aliphatic heterocycles. The summed E-state index contributed by atoms with van der Waals surface area (Å²) < 4.78 is 36.2. The number of hydrogen-bond donors (Lipinski definition) is 0. The van der Waals surface area contributed by atoms with Crippen molar-refractivity contribution in [2.24, 2.45) is 0 Å². The molecule has 3 rings (SSSR count). The summed E-state index contributed by atoms with van der Waals surface area (Å²) in [6.45, 7) is 1.67. The number of rotatable bonds is 7. The highest BCUT2D eigenvalue weighted by Gasteiger charge is 2.25. The Hall–Kier alpha value is -2.92. The fraction of sp³-hybridized carbons (Fsp3) is 0.429. The fourth-order valence-corrected chi connectivity index (χ4v) is 3.39. The van der Waals surface area contributed by atoms with Crippen molar-refractivity contribution in [3.63, 3.8) is 0 Å². The number of nitriles is 1. The lowest BCUT2D eigenvalue weighted by Gasteiger charge is -2.30. The Labute approximate surface area is 168 Å². The van der Waals surface area contributed by atoms with Crippen LogP contribution in [0.1, 0.15) is 11.1 Å². The molecule has 0 bridgehead atoms. The zero-order valence-electron chi connectivity index (χ0n) is 16.5. The van der Waals surface area contributed by atoms with Crippen LogP contribution in [0.15, 0.2) is 29.5 Å². The third-order valence-electron chi connectivity index (χ3n) is 4.69. The van der Waals surface area contributed by atoms with E-state index in [2.05, 4.69) is 0 Å². The number of halogens is 2. The van der Waals surface area contributed by atoms with Crippen LogP contribution in [0.4, 0.5) is 14.5 Å². The SMILES string of the molecule is CN(C)/C=C(\C#N)C(=O)C1=Cc2cc(OCC(F)F)c(N3CCOCC3)cc2C1. The number of allylic oxidation sites excluding steroid dienone is 2. The Morgan fingerprint density at radius 1 is 1.38 bits per heavy atom. The Morgan fingerprint density at radius 3 is 2.72 bits per heavy atom. The normalized spacial score (nSPS) is 16.3. The van der Waals surface area contributed by atoms with Gasteiger partial charge in [0, 0.05) is 45.4 Å². The summed E-state index contributed by atoms with van der Waals surface area (Å²) in [5, 5.41) is 9.30. The van der Waals surface area contributed by atoms with Crippen LogP contribution < -0.4 is 9.64 Å². The van der Waals surface area contributed by atoms with Crippen molar-refractivity contribution in [2.45, 2.75) is 12.8 Å². The lowest BCUT2D eigenvalue weighted by atomic mass is 10.0. The molecular formula is C21H23F2N3O3. The van der Waals surface area contributed by atoms with Crippen LogP contribution in [0.2, 0.25) is 0 Å². The van der Waals surface area contributed by atoms with Gasteiger partial charge in [-0.05, 0) is 29.3 Å². The summed E-state index contributed by atoms with van der Waals surface area (Å²) in [5.74, 6) is 0.0283. The quantitative estimate of drug-likeness (QED) is 0.515. The molecule has 0 N–H and O–H groups in total. The van der Waals surface area contributed by atoms with E-state index in [1.165, 1.54) is 6.20 Å². The van der Waals surface area contributed by atoms with Gasteiger partial charge in [0.15, 0.2) is 0 Å². The molecule has 0 saturated carbocycles. The van der Waals surface area contributed by atoms with Gasteiger partial charge in [0.2, 0.25) is 5.78 Å². The van der Waals surface area contributed by atoms with E-state index in [4.69, 9.17) is 9.47 Å². The van der Waals surface area contributed by atoms with Crippen molar-refractivity contribution in [1.29, 1.82) is 5.26 Å². The first-order chi connectivity index (χ1) is 13.9. The van der Waals surface area contributed by atoms with E-state index >= 15 is 0 Å². The van der Waals surface area contributed by atoms with Crippen molar-refractivity contribution in [3.8, 4) is 11.8 Å². The molecule has 0 spiro atoms. The number of benzene rings is 1. The van der Waals surface area contributed by atoms with E-state index in [9.17, 15) is 18.8 Å². The van der Waals surface area contributed by atoms with Gasteiger partial charge in [0.05, 0.1) is 18.9 Å². The van der Waals surface area contributed by atoms with Crippen LogP contribution in [0.25, 0.3) is 6.08 Å². The molecule has 0 unspecified atom stereocenters. The van der Waals surface area contributed by atoms with Crippen molar-refractivity contribution in [3.05, 3.63) is 40.6 Å². The lowest BCUT2D eigenvalue weighted by Crippen LogP contribution is -2.36. The standard InChI is InChI=1S/C21H23F2N3O3/c1-25(2)12-17(11-24)21(27)16-7-14-9-18(26-3-5-28-6-4-26)19(10-15(14)8-16)29-13-20(22)23/h8-10,12,20H,3-7,13H2,1-2H3/b17-12+. The minimum Gasteiger partial charge on any atom is -0.485 e. The number of fused-ring (bicyclic) bond motifs is 1. The molecule has 6 nitrogen and oxygen atoms in total. The molecular weight excluding hydrogens is 380 g/mol. The van der Waals surface area contributed by atoms with E-state index in [0.717, 1.165) is 16.8 Å². The van der Waals surface area contributed by atoms with Gasteiger partial charge in [-0.25, -0.2) is 8.78 Å². The Balaban J connectivity index is 1.91. The van der Waals surface area contributed by atoms with Gasteiger partial charge < -0.3 is 19.3 Å². The Morgan fingerprint density at radius 2 is 2.10 bits per heavy atom. The Bertz CT molecular complexity index is 882. The smallest absolute Gasteiger partial charge is 0.272 e. The second-order valence-electron chi connectivity index (χ2n) is 7.11. The molecule has 29 heavy (non-hydrogen) atoms. The van der Waals surface area contributed by atoms with Gasteiger partial charge in [-0.2, -0.15) is 5.26 Å². The van der Waals surface area contributed by atoms with Crippen molar-refractivity contribution >= 4 is 17.5 Å². The number of morpholine rings is 1. The maximum absolute atomic E-state index is 12.7. The zero-order chi connectivity index (χ0) is 21.0. The first kappa shape index (κ1) is 20.8. The number of hydrogen-bond acceptors (Lipinski definition) is 6. The lowest BCUT2D eigenvalue weighted by molar-refractivity contribution is -0.111. The predicted molar refractivity (Wildman–Crippen MR) is 105 cm³/mol. The van der Waals surface area contributed by atoms with Gasteiger partial charge >= 0.3 is 0 Å². The molecule has 1 saturated heterocycles. The number of ketones is 1. The monoisotopic (exact) mass is 403 g/mol. The topological polar surface area (TPSA) is 65.8 Å². The maximum Gasteiger partial charge on any atom is 0.272 e. The van der Waals surface area contributed by atoms with E-state index < -0.39 is 13.0 Å². The molecule has 0 aromatic heterocycles. The van der Waals surface area contributed by atoms with E-state index in [1.807, 2.05) is 17.0 Å². The number of nitrogens with zero attached hydrogens (tertiary/aromatic N) is 3. The van der Waals surface area contributed by atoms with E-state index in [-0.39, 0.29) is 11.4 Å². The number of carbonyl (C=O) groups is 1. The van der Waals surface area contributed by atoms with Crippen LogP contribution in [0.3, 0.4) is 0 Å². The molecule has 8 heteroatoms. The molecule has 154 valence electrons. The van der Waals surface area contributed by atoms with Crippen molar-refractivity contribution in [2.75, 3.05) is 51.9 Å². The average Bonchev–Trinajstić information content (AvgIpc) is 3.12. The number of alkyl halides is 2. The second kappa shape index (κ2) is 9.05. The van der Waals surface area contributed by atoms with Crippen LogP contribution >= 0.6 is 0 Å². The van der Waals surface area contributed by atoms with E-state index in [0.29, 0.717) is 44.0 Å². The molecule has 1 aromatic rings. The van der Waals surface area contributed by atoms with Gasteiger partial charge in [-0.1, -0.05) is 0 Å². The van der Waals surface area contributed by atoms with E-state index in [1.54, 1.807) is 31.1 Å². The highest BCUT2D eigenvalue weighted by atomic mass is 19.3. The molecule has 0 amide bonds. The van der Waals surface area contributed by atoms with Gasteiger partial charge in [-0.3, -0.25) is 4.79 Å².